The molecule has 3 heterocycles. The normalized spacial score (nSPS) is 13.3. The van der Waals surface area contributed by atoms with E-state index in [9.17, 15) is 18.7 Å². The van der Waals surface area contributed by atoms with Gasteiger partial charge in [0.2, 0.25) is 0 Å². The van der Waals surface area contributed by atoms with Crippen molar-refractivity contribution in [2.24, 2.45) is 7.05 Å². The molecular weight excluding hydrogens is 390 g/mol. The number of pyridine rings is 1. The number of fused-ring (bicyclic) bond motifs is 2. The van der Waals surface area contributed by atoms with Gasteiger partial charge in [-0.25, -0.2) is 8.78 Å². The first-order chi connectivity index (χ1) is 14.4. The Kier molecular flexibility index (Phi) is 4.02. The van der Waals surface area contributed by atoms with Crippen molar-refractivity contribution < 1.29 is 18.7 Å². The van der Waals surface area contributed by atoms with E-state index in [-0.39, 0.29) is 30.0 Å². The second-order valence-electron chi connectivity index (χ2n) is 7.31. The fourth-order valence-corrected chi connectivity index (χ4v) is 3.86. The van der Waals surface area contributed by atoms with E-state index in [1.54, 1.807) is 30.1 Å². The summed E-state index contributed by atoms with van der Waals surface area (Å²) in [6.07, 6.45) is 3.04. The van der Waals surface area contributed by atoms with Crippen LogP contribution in [0, 0.1) is 11.6 Å². The summed E-state index contributed by atoms with van der Waals surface area (Å²) >= 11 is 0. The lowest BCUT2D eigenvalue weighted by Gasteiger charge is -2.17. The molecule has 0 bridgehead atoms. The van der Waals surface area contributed by atoms with E-state index in [0.29, 0.717) is 16.8 Å². The van der Waals surface area contributed by atoms with Gasteiger partial charge in [-0.15, -0.1) is 0 Å². The second kappa shape index (κ2) is 6.62. The number of carbonyl (C=O) groups is 1. The molecule has 30 heavy (non-hydrogen) atoms. The van der Waals surface area contributed by atoms with Crippen LogP contribution in [0.4, 0.5) is 8.78 Å². The van der Waals surface area contributed by atoms with Crippen molar-refractivity contribution in [3.63, 3.8) is 0 Å². The van der Waals surface area contributed by atoms with Crippen molar-refractivity contribution in [3.8, 4) is 16.9 Å². The molecule has 0 aliphatic carbocycles. The first-order valence-electron chi connectivity index (χ1n) is 9.28. The molecule has 5 rings (SSSR count). The Hall–Kier alpha value is -3.81. The van der Waals surface area contributed by atoms with Gasteiger partial charge in [0.1, 0.15) is 17.4 Å². The highest BCUT2D eigenvalue weighted by atomic mass is 19.1. The molecule has 150 valence electrons. The minimum absolute atomic E-state index is 0.129. The summed E-state index contributed by atoms with van der Waals surface area (Å²) in [7, 11) is 1.79. The number of amides is 1. The van der Waals surface area contributed by atoms with Gasteiger partial charge < -0.3 is 10.0 Å². The predicted molar refractivity (Wildman–Crippen MR) is 106 cm³/mol. The van der Waals surface area contributed by atoms with Gasteiger partial charge >= 0.3 is 0 Å². The molecule has 0 saturated carbocycles. The van der Waals surface area contributed by atoms with Crippen LogP contribution in [0.15, 0.2) is 48.8 Å². The van der Waals surface area contributed by atoms with Crippen LogP contribution in [-0.4, -0.2) is 30.7 Å². The van der Waals surface area contributed by atoms with Crippen molar-refractivity contribution in [2.45, 2.75) is 13.1 Å². The number of aromatic hydroxyl groups is 1. The standard InChI is InChI=1S/C22H16F2N4O2/c1-27-9-16-14(3-2-4-20(16)26-27)12-5-18(23)17(19(24)6-12)10-28-11-21-15(22(28)30)7-13(29)8-25-21/h2-9,29H,10-11H2,1H3. The van der Waals surface area contributed by atoms with Crippen molar-refractivity contribution in [3.05, 3.63) is 77.2 Å². The monoisotopic (exact) mass is 406 g/mol. The fraction of sp³-hybridized carbons (Fsp3) is 0.136. The molecule has 0 radical (unpaired) electrons. The summed E-state index contributed by atoms with van der Waals surface area (Å²) in [4.78, 5) is 17.9. The highest BCUT2D eigenvalue weighted by Crippen LogP contribution is 2.32. The van der Waals surface area contributed by atoms with Gasteiger partial charge in [-0.05, 0) is 35.4 Å². The summed E-state index contributed by atoms with van der Waals surface area (Å²) in [5.41, 5.74) is 2.33. The van der Waals surface area contributed by atoms with Crippen LogP contribution in [0.1, 0.15) is 21.6 Å². The first-order valence-corrected chi connectivity index (χ1v) is 9.28. The molecular formula is C22H16F2N4O2. The van der Waals surface area contributed by atoms with E-state index in [1.807, 2.05) is 6.07 Å². The number of halogens is 2. The van der Waals surface area contributed by atoms with Gasteiger partial charge in [0.05, 0.1) is 36.1 Å². The number of rotatable bonds is 3. The van der Waals surface area contributed by atoms with E-state index in [2.05, 4.69) is 10.1 Å². The lowest BCUT2D eigenvalue weighted by molar-refractivity contribution is 0.0763. The van der Waals surface area contributed by atoms with E-state index in [1.165, 1.54) is 29.3 Å². The summed E-state index contributed by atoms with van der Waals surface area (Å²) in [6, 6.07) is 9.28. The zero-order valence-corrected chi connectivity index (χ0v) is 15.9. The number of aromatic nitrogens is 3. The topological polar surface area (TPSA) is 71.2 Å². The molecule has 0 spiro atoms. The number of aryl methyl sites for hydroxylation is 1. The Labute approximate surface area is 170 Å². The van der Waals surface area contributed by atoms with Crippen LogP contribution >= 0.6 is 0 Å². The third kappa shape index (κ3) is 2.88. The molecule has 1 N–H and O–H groups in total. The first kappa shape index (κ1) is 18.2. The van der Waals surface area contributed by atoms with Gasteiger partial charge in [-0.1, -0.05) is 12.1 Å². The van der Waals surface area contributed by atoms with E-state index >= 15 is 0 Å². The maximum Gasteiger partial charge on any atom is 0.256 e. The molecule has 2 aromatic carbocycles. The minimum Gasteiger partial charge on any atom is -0.506 e. The average Bonchev–Trinajstić information content (AvgIpc) is 3.23. The van der Waals surface area contributed by atoms with Crippen LogP contribution in [0.3, 0.4) is 0 Å². The highest BCUT2D eigenvalue weighted by Gasteiger charge is 2.30. The number of benzene rings is 2. The molecule has 0 saturated heterocycles. The third-order valence-corrected chi connectivity index (χ3v) is 5.28. The van der Waals surface area contributed by atoms with E-state index < -0.39 is 17.5 Å². The van der Waals surface area contributed by atoms with Crippen molar-refractivity contribution in [2.75, 3.05) is 0 Å². The summed E-state index contributed by atoms with van der Waals surface area (Å²) in [5, 5.41) is 14.7. The Balaban J connectivity index is 1.49. The maximum atomic E-state index is 14.9. The van der Waals surface area contributed by atoms with Crippen molar-refractivity contribution in [1.82, 2.24) is 19.7 Å². The maximum absolute atomic E-state index is 14.9. The predicted octanol–water partition coefficient (Wildman–Crippen LogP) is 3.78. The highest BCUT2D eigenvalue weighted by molar-refractivity contribution is 5.98. The zero-order chi connectivity index (χ0) is 21.0. The van der Waals surface area contributed by atoms with E-state index in [0.717, 1.165) is 10.9 Å². The quantitative estimate of drug-likeness (QED) is 0.562. The third-order valence-electron chi connectivity index (χ3n) is 5.28. The average molecular weight is 406 g/mol. The fourth-order valence-electron chi connectivity index (χ4n) is 3.86. The Bertz CT molecular complexity index is 1310. The Morgan fingerprint density at radius 2 is 1.90 bits per heavy atom. The van der Waals surface area contributed by atoms with Gasteiger partial charge in [0.25, 0.3) is 5.91 Å². The Morgan fingerprint density at radius 1 is 1.13 bits per heavy atom. The molecule has 4 aromatic rings. The smallest absolute Gasteiger partial charge is 0.256 e. The lowest BCUT2D eigenvalue weighted by Crippen LogP contribution is -2.24. The van der Waals surface area contributed by atoms with Crippen molar-refractivity contribution in [1.29, 1.82) is 0 Å². The molecule has 0 atom stereocenters. The lowest BCUT2D eigenvalue weighted by atomic mass is 9.99. The van der Waals surface area contributed by atoms with Crippen LogP contribution in [0.5, 0.6) is 5.75 Å². The molecule has 0 fully saturated rings. The zero-order valence-electron chi connectivity index (χ0n) is 15.9. The summed E-state index contributed by atoms with van der Waals surface area (Å²) < 4.78 is 31.5. The van der Waals surface area contributed by atoms with Crippen LogP contribution in [0.2, 0.25) is 0 Å². The van der Waals surface area contributed by atoms with Gasteiger partial charge in [0.15, 0.2) is 0 Å². The van der Waals surface area contributed by atoms with Gasteiger partial charge in [-0.3, -0.25) is 14.5 Å². The molecule has 6 nitrogen and oxygen atoms in total. The second-order valence-corrected chi connectivity index (χ2v) is 7.31. The number of carbonyl (C=O) groups excluding carboxylic acids is 1. The molecule has 0 unspecified atom stereocenters. The molecule has 1 amide bonds. The number of hydrogen-bond donors (Lipinski definition) is 1. The summed E-state index contributed by atoms with van der Waals surface area (Å²) in [6.45, 7) is -0.102. The van der Waals surface area contributed by atoms with Crippen LogP contribution < -0.4 is 0 Å². The van der Waals surface area contributed by atoms with Crippen LogP contribution in [0.25, 0.3) is 22.0 Å². The van der Waals surface area contributed by atoms with E-state index in [4.69, 9.17) is 0 Å². The summed E-state index contributed by atoms with van der Waals surface area (Å²) in [5.74, 6) is -2.01. The van der Waals surface area contributed by atoms with Crippen molar-refractivity contribution >= 4 is 16.8 Å². The van der Waals surface area contributed by atoms with Gasteiger partial charge in [0, 0.05) is 24.2 Å². The Morgan fingerprint density at radius 3 is 2.67 bits per heavy atom. The molecule has 8 heteroatoms. The molecule has 1 aliphatic heterocycles. The number of hydrogen-bond acceptors (Lipinski definition) is 4. The molecule has 2 aromatic heterocycles. The van der Waals surface area contributed by atoms with Gasteiger partial charge in [-0.2, -0.15) is 5.10 Å². The largest absolute Gasteiger partial charge is 0.506 e. The SMILES string of the molecule is Cn1cc2c(-c3cc(F)c(CN4Cc5ncc(O)cc5C4=O)c(F)c3)cccc2n1. The number of nitrogens with zero attached hydrogens (tertiary/aromatic N) is 4. The van der Waals surface area contributed by atoms with Crippen LogP contribution in [-0.2, 0) is 20.1 Å². The minimum atomic E-state index is -0.731. The molecule has 1 aliphatic rings.